The third-order valence-corrected chi connectivity index (χ3v) is 5.40. The summed E-state index contributed by atoms with van der Waals surface area (Å²) in [7, 11) is 1.63. The minimum atomic E-state index is 0.317. The SMILES string of the molecule is C=N/C(=C\N=C(/C)Cl)Sc1ccnc2c1OC[C@@H]1C[C@H](COCOC)CN21. The third-order valence-electron chi connectivity index (χ3n) is 4.32. The molecule has 7 nitrogen and oxygen atoms in total. The van der Waals surface area contributed by atoms with Gasteiger partial charge < -0.3 is 19.1 Å². The highest BCUT2D eigenvalue weighted by Crippen LogP contribution is 2.45. The van der Waals surface area contributed by atoms with E-state index in [1.807, 2.05) is 6.07 Å². The maximum absolute atomic E-state index is 6.07. The second-order valence-electron chi connectivity index (χ2n) is 6.31. The van der Waals surface area contributed by atoms with Gasteiger partial charge in [-0.05, 0) is 26.1 Å². The molecule has 3 heterocycles. The Kier molecular flexibility index (Phi) is 7.12. The van der Waals surface area contributed by atoms with E-state index in [0.29, 0.717) is 42.2 Å². The molecule has 0 N–H and O–H groups in total. The summed E-state index contributed by atoms with van der Waals surface area (Å²) in [6.45, 7) is 7.83. The molecule has 0 spiro atoms. The summed E-state index contributed by atoms with van der Waals surface area (Å²) in [5, 5.41) is 1.08. The summed E-state index contributed by atoms with van der Waals surface area (Å²) in [6.07, 6.45) is 4.40. The maximum Gasteiger partial charge on any atom is 0.175 e. The first-order valence-electron chi connectivity index (χ1n) is 8.62. The molecule has 1 aromatic rings. The molecule has 0 unspecified atom stereocenters. The smallest absolute Gasteiger partial charge is 0.175 e. The van der Waals surface area contributed by atoms with Crippen LogP contribution in [0.15, 0.2) is 38.4 Å². The standard InChI is InChI=1S/C18H23ClN4O3S/c1-12(19)22-7-16(20-2)27-15-4-5-21-18-17(15)26-10-14-6-13(8-23(14)18)9-25-11-24-3/h4-5,7,13-14H,2,6,8-11H2,1,3H3/b16-7+,22-12+/t13-,14-/m0/s1. The Hall–Kier alpha value is -1.61. The van der Waals surface area contributed by atoms with Crippen molar-refractivity contribution in [2.24, 2.45) is 15.9 Å². The van der Waals surface area contributed by atoms with Crippen LogP contribution in [0.2, 0.25) is 0 Å². The van der Waals surface area contributed by atoms with Gasteiger partial charge in [-0.2, -0.15) is 0 Å². The molecule has 0 amide bonds. The number of aromatic nitrogens is 1. The molecule has 0 aromatic carbocycles. The Bertz CT molecular complexity index is 739. The molecule has 2 aliphatic heterocycles. The summed E-state index contributed by atoms with van der Waals surface area (Å²) in [6, 6.07) is 2.23. The van der Waals surface area contributed by atoms with Gasteiger partial charge >= 0.3 is 0 Å². The zero-order chi connectivity index (χ0) is 19.2. The fraction of sp³-hybridized carbons (Fsp3) is 0.500. The monoisotopic (exact) mass is 410 g/mol. The molecule has 0 saturated carbocycles. The first kappa shape index (κ1) is 20.1. The number of halogens is 1. The maximum atomic E-state index is 6.07. The Labute approximate surface area is 168 Å². The lowest BCUT2D eigenvalue weighted by molar-refractivity contribution is -0.0414. The van der Waals surface area contributed by atoms with Crippen molar-refractivity contribution in [1.82, 2.24) is 4.98 Å². The Morgan fingerprint density at radius 3 is 3.19 bits per heavy atom. The Morgan fingerprint density at radius 1 is 1.59 bits per heavy atom. The van der Waals surface area contributed by atoms with E-state index >= 15 is 0 Å². The normalized spacial score (nSPS) is 22.3. The van der Waals surface area contributed by atoms with Crippen molar-refractivity contribution in [3.63, 3.8) is 0 Å². The fourth-order valence-electron chi connectivity index (χ4n) is 3.23. The molecule has 0 bridgehead atoms. The van der Waals surface area contributed by atoms with E-state index in [9.17, 15) is 0 Å². The molecule has 146 valence electrons. The Morgan fingerprint density at radius 2 is 2.44 bits per heavy atom. The lowest BCUT2D eigenvalue weighted by Gasteiger charge is -2.33. The number of hydrogen-bond donors (Lipinski definition) is 0. The van der Waals surface area contributed by atoms with Crippen LogP contribution < -0.4 is 9.64 Å². The van der Waals surface area contributed by atoms with Gasteiger partial charge in [-0.25, -0.2) is 9.98 Å². The van der Waals surface area contributed by atoms with Crippen LogP contribution in [0.1, 0.15) is 13.3 Å². The number of ether oxygens (including phenoxy) is 3. The molecule has 9 heteroatoms. The van der Waals surface area contributed by atoms with Crippen molar-refractivity contribution in [2.45, 2.75) is 24.3 Å². The predicted octanol–water partition coefficient (Wildman–Crippen LogP) is 3.54. The fourth-order valence-corrected chi connectivity index (χ4v) is 4.04. The third kappa shape index (κ3) is 5.01. The van der Waals surface area contributed by atoms with Crippen LogP contribution in [0.3, 0.4) is 0 Å². The van der Waals surface area contributed by atoms with E-state index in [-0.39, 0.29) is 0 Å². The molecule has 1 aromatic heterocycles. The molecule has 2 aliphatic rings. The highest BCUT2D eigenvalue weighted by molar-refractivity contribution is 8.03. The second-order valence-corrected chi connectivity index (χ2v) is 7.92. The first-order valence-corrected chi connectivity index (χ1v) is 9.81. The summed E-state index contributed by atoms with van der Waals surface area (Å²) < 4.78 is 16.6. The summed E-state index contributed by atoms with van der Waals surface area (Å²) in [5.74, 6) is 2.08. The number of methoxy groups -OCH3 is 1. The molecule has 0 aliphatic carbocycles. The van der Waals surface area contributed by atoms with Crippen LogP contribution in [0, 0.1) is 5.92 Å². The van der Waals surface area contributed by atoms with E-state index in [2.05, 4.69) is 26.6 Å². The minimum absolute atomic E-state index is 0.317. The topological polar surface area (TPSA) is 68.5 Å². The lowest BCUT2D eigenvalue weighted by Crippen LogP contribution is -2.39. The highest BCUT2D eigenvalue weighted by atomic mass is 35.5. The highest BCUT2D eigenvalue weighted by Gasteiger charge is 2.38. The number of fused-ring (bicyclic) bond motifs is 3. The molecule has 0 radical (unpaired) electrons. The van der Waals surface area contributed by atoms with Crippen molar-refractivity contribution in [3.8, 4) is 5.75 Å². The molecule has 2 atom stereocenters. The number of thioether (sulfide) groups is 1. The zero-order valence-electron chi connectivity index (χ0n) is 15.4. The average Bonchev–Trinajstić information content (AvgIpc) is 3.08. The summed E-state index contributed by atoms with van der Waals surface area (Å²) >= 11 is 7.22. The molecular formula is C18H23ClN4O3S. The van der Waals surface area contributed by atoms with Crippen LogP contribution in [0.25, 0.3) is 0 Å². The number of hydrogen-bond acceptors (Lipinski definition) is 8. The molecule has 3 rings (SSSR count). The van der Waals surface area contributed by atoms with Gasteiger partial charge in [0.25, 0.3) is 0 Å². The number of nitrogens with zero attached hydrogens (tertiary/aromatic N) is 4. The van der Waals surface area contributed by atoms with Crippen molar-refractivity contribution in [2.75, 3.05) is 38.6 Å². The molecule has 1 saturated heterocycles. The van der Waals surface area contributed by atoms with E-state index in [1.54, 1.807) is 26.4 Å². The second kappa shape index (κ2) is 9.54. The first-order chi connectivity index (χ1) is 13.1. The summed E-state index contributed by atoms with van der Waals surface area (Å²) in [5.41, 5.74) is 0. The van der Waals surface area contributed by atoms with E-state index in [4.69, 9.17) is 25.8 Å². The van der Waals surface area contributed by atoms with Crippen LogP contribution in [0.5, 0.6) is 5.75 Å². The van der Waals surface area contributed by atoms with E-state index in [0.717, 1.165) is 29.4 Å². The van der Waals surface area contributed by atoms with Gasteiger partial charge in [0.05, 0.1) is 23.7 Å². The van der Waals surface area contributed by atoms with Gasteiger partial charge in [0.1, 0.15) is 23.6 Å². The van der Waals surface area contributed by atoms with Gasteiger partial charge in [0.2, 0.25) is 0 Å². The molecule has 1 fully saturated rings. The summed E-state index contributed by atoms with van der Waals surface area (Å²) in [4.78, 5) is 15.9. The average molecular weight is 411 g/mol. The quantitative estimate of drug-likeness (QED) is 0.282. The number of rotatable bonds is 8. The number of aliphatic imine (C=N–C) groups is 2. The van der Waals surface area contributed by atoms with Crippen molar-refractivity contribution in [1.29, 1.82) is 0 Å². The largest absolute Gasteiger partial charge is 0.486 e. The van der Waals surface area contributed by atoms with Gasteiger partial charge in [0.15, 0.2) is 11.6 Å². The lowest BCUT2D eigenvalue weighted by atomic mass is 10.1. The Balaban J connectivity index is 1.76. The van der Waals surface area contributed by atoms with Gasteiger partial charge in [-0.1, -0.05) is 23.4 Å². The van der Waals surface area contributed by atoms with Crippen LogP contribution in [0.4, 0.5) is 5.82 Å². The zero-order valence-corrected chi connectivity index (χ0v) is 17.0. The van der Waals surface area contributed by atoms with Crippen molar-refractivity contribution < 1.29 is 14.2 Å². The van der Waals surface area contributed by atoms with Crippen molar-refractivity contribution in [3.05, 3.63) is 23.5 Å². The van der Waals surface area contributed by atoms with Crippen LogP contribution in [-0.2, 0) is 9.47 Å². The van der Waals surface area contributed by atoms with Crippen LogP contribution in [-0.4, -0.2) is 56.6 Å². The van der Waals surface area contributed by atoms with Gasteiger partial charge in [0, 0.05) is 25.8 Å². The van der Waals surface area contributed by atoms with Gasteiger partial charge in [-0.15, -0.1) is 0 Å². The predicted molar refractivity (Wildman–Crippen MR) is 109 cm³/mol. The molecule has 27 heavy (non-hydrogen) atoms. The van der Waals surface area contributed by atoms with E-state index in [1.165, 1.54) is 11.8 Å². The number of anilines is 1. The minimum Gasteiger partial charge on any atom is -0.486 e. The van der Waals surface area contributed by atoms with E-state index < -0.39 is 0 Å². The molecular weight excluding hydrogens is 388 g/mol. The number of pyridine rings is 1. The van der Waals surface area contributed by atoms with Crippen molar-refractivity contribution >= 4 is 41.1 Å². The van der Waals surface area contributed by atoms with Crippen LogP contribution >= 0.6 is 23.4 Å². The van der Waals surface area contributed by atoms with Gasteiger partial charge in [-0.3, -0.25) is 4.99 Å².